The average Bonchev–Trinajstić information content (AvgIpc) is 2.58. The van der Waals surface area contributed by atoms with Crippen LogP contribution in [0.25, 0.3) is 0 Å². The van der Waals surface area contributed by atoms with Gasteiger partial charge in [0, 0.05) is 12.1 Å². The van der Waals surface area contributed by atoms with Crippen LogP contribution in [0.15, 0.2) is 52.6 Å². The molecule has 7 nitrogen and oxygen atoms in total. The van der Waals surface area contributed by atoms with E-state index >= 15 is 0 Å². The smallest absolute Gasteiger partial charge is 0.265 e. The molecule has 1 aromatic rings. The minimum absolute atomic E-state index is 0.115. The maximum absolute atomic E-state index is 12.6. The van der Waals surface area contributed by atoms with E-state index in [4.69, 9.17) is 4.74 Å². The first kappa shape index (κ1) is 19.4. The van der Waals surface area contributed by atoms with Gasteiger partial charge in [-0.1, -0.05) is 13.5 Å². The van der Waals surface area contributed by atoms with Crippen molar-refractivity contribution in [3.05, 3.63) is 48.3 Å². The topological polar surface area (TPSA) is 96.9 Å². The summed E-state index contributed by atoms with van der Waals surface area (Å²) < 4.78 is 32.5. The number of ether oxygens (including phenoxy) is 1. The quantitative estimate of drug-likeness (QED) is 0.524. The Morgan fingerprint density at radius 2 is 2.12 bits per heavy atom. The van der Waals surface area contributed by atoms with E-state index < -0.39 is 10.0 Å². The Labute approximate surface area is 142 Å². The van der Waals surface area contributed by atoms with Gasteiger partial charge in [0.1, 0.15) is 10.6 Å². The number of sulfonamides is 1. The van der Waals surface area contributed by atoms with Crippen molar-refractivity contribution >= 4 is 22.6 Å². The van der Waals surface area contributed by atoms with Crippen molar-refractivity contribution in [3.63, 3.8) is 0 Å². The Morgan fingerprint density at radius 1 is 1.42 bits per heavy atom. The third-order valence-electron chi connectivity index (χ3n) is 2.95. The number of carbonyl (C=O) groups excluding carboxylic acids is 1. The van der Waals surface area contributed by atoms with Crippen molar-refractivity contribution in [2.75, 3.05) is 13.7 Å². The molecule has 1 aromatic carbocycles. The zero-order valence-corrected chi connectivity index (χ0v) is 14.5. The first-order chi connectivity index (χ1) is 11.4. The third kappa shape index (κ3) is 4.95. The zero-order chi connectivity index (χ0) is 18.2. The van der Waals surface area contributed by atoms with Gasteiger partial charge in [0.2, 0.25) is 0 Å². The molecule has 0 unspecified atom stereocenters. The third-order valence-corrected chi connectivity index (χ3v) is 4.36. The molecule has 0 saturated heterocycles. The molecular formula is C16H21N3O4S. The van der Waals surface area contributed by atoms with Gasteiger partial charge in [-0.15, -0.1) is 0 Å². The second-order valence-corrected chi connectivity index (χ2v) is 6.35. The van der Waals surface area contributed by atoms with E-state index in [1.54, 1.807) is 0 Å². The highest BCUT2D eigenvalue weighted by Gasteiger charge is 2.22. The normalized spacial score (nSPS) is 11.5. The fourth-order valence-corrected chi connectivity index (χ4v) is 3.05. The Bertz CT molecular complexity index is 755. The summed E-state index contributed by atoms with van der Waals surface area (Å²) >= 11 is 0. The predicted molar refractivity (Wildman–Crippen MR) is 93.8 cm³/mol. The van der Waals surface area contributed by atoms with Crippen LogP contribution in [-0.4, -0.2) is 34.7 Å². The number of rotatable bonds is 9. The van der Waals surface area contributed by atoms with E-state index in [0.29, 0.717) is 6.54 Å². The van der Waals surface area contributed by atoms with Gasteiger partial charge >= 0.3 is 0 Å². The molecule has 0 aliphatic carbocycles. The molecule has 130 valence electrons. The number of nitrogens with one attached hydrogen (secondary N) is 2. The maximum atomic E-state index is 12.6. The SMILES string of the molecule is C=C/C(=C\N=C)NS(=O)(=O)c1cc(C(=O)NCCC)ccc1OC. The lowest BCUT2D eigenvalue weighted by Gasteiger charge is -2.13. The highest BCUT2D eigenvalue weighted by molar-refractivity contribution is 7.89. The van der Waals surface area contributed by atoms with Crippen LogP contribution >= 0.6 is 0 Å². The van der Waals surface area contributed by atoms with Gasteiger partial charge in [0.25, 0.3) is 15.9 Å². The van der Waals surface area contributed by atoms with Crippen LogP contribution in [0, 0.1) is 0 Å². The van der Waals surface area contributed by atoms with Gasteiger partial charge in [-0.3, -0.25) is 14.5 Å². The van der Waals surface area contributed by atoms with Gasteiger partial charge in [-0.2, -0.15) is 0 Å². The summed E-state index contributed by atoms with van der Waals surface area (Å²) in [6.07, 6.45) is 3.28. The monoisotopic (exact) mass is 351 g/mol. The van der Waals surface area contributed by atoms with Crippen LogP contribution in [0.4, 0.5) is 0 Å². The summed E-state index contributed by atoms with van der Waals surface area (Å²) in [5, 5.41) is 2.69. The molecule has 0 saturated carbocycles. The number of aliphatic imine (C=N–C) groups is 1. The van der Waals surface area contributed by atoms with E-state index in [-0.39, 0.29) is 27.8 Å². The summed E-state index contributed by atoms with van der Waals surface area (Å²) in [5.41, 5.74) is 0.364. The number of methoxy groups -OCH3 is 1. The first-order valence-electron chi connectivity index (χ1n) is 7.17. The molecule has 0 spiro atoms. The van der Waals surface area contributed by atoms with E-state index in [1.165, 1.54) is 37.6 Å². The molecule has 0 radical (unpaired) electrons. The molecule has 0 aliphatic rings. The van der Waals surface area contributed by atoms with Gasteiger partial charge in [-0.05, 0) is 37.4 Å². The lowest BCUT2D eigenvalue weighted by Crippen LogP contribution is -2.26. The molecule has 0 fully saturated rings. The number of nitrogens with zero attached hydrogens (tertiary/aromatic N) is 1. The van der Waals surface area contributed by atoms with Gasteiger partial charge in [0.15, 0.2) is 0 Å². The Kier molecular flexibility index (Phi) is 7.19. The lowest BCUT2D eigenvalue weighted by atomic mass is 10.2. The molecule has 0 aromatic heterocycles. The molecular weight excluding hydrogens is 330 g/mol. The van der Waals surface area contributed by atoms with Crippen LogP contribution in [-0.2, 0) is 10.0 Å². The van der Waals surface area contributed by atoms with Crippen molar-refractivity contribution in [2.45, 2.75) is 18.2 Å². The summed E-state index contributed by atoms with van der Waals surface area (Å²) in [4.78, 5) is 15.4. The van der Waals surface area contributed by atoms with Crippen molar-refractivity contribution < 1.29 is 17.9 Å². The molecule has 0 bridgehead atoms. The molecule has 8 heteroatoms. The number of amides is 1. The van der Waals surface area contributed by atoms with Crippen LogP contribution in [0.2, 0.25) is 0 Å². The fourth-order valence-electron chi connectivity index (χ4n) is 1.80. The lowest BCUT2D eigenvalue weighted by molar-refractivity contribution is 0.0953. The molecule has 24 heavy (non-hydrogen) atoms. The Morgan fingerprint density at radius 3 is 2.67 bits per heavy atom. The molecule has 0 atom stereocenters. The van der Waals surface area contributed by atoms with Crippen molar-refractivity contribution in [1.82, 2.24) is 10.0 Å². The number of allylic oxidation sites excluding steroid dienone is 1. The van der Waals surface area contributed by atoms with Crippen molar-refractivity contribution in [3.8, 4) is 5.75 Å². The standard InChI is InChI=1S/C16H21N3O4S/c1-5-9-18-16(20)12-7-8-14(23-4)15(10-12)24(21,22)19-13(6-2)11-17-3/h6-8,10-11,19H,2-3,5,9H2,1,4H3,(H,18,20)/b13-11+. The van der Waals surface area contributed by atoms with Gasteiger partial charge in [-0.25, -0.2) is 8.42 Å². The molecule has 1 amide bonds. The maximum Gasteiger partial charge on any atom is 0.265 e. The number of hydrogen-bond acceptors (Lipinski definition) is 5. The van der Waals surface area contributed by atoms with Crippen LogP contribution in [0.1, 0.15) is 23.7 Å². The summed E-state index contributed by atoms with van der Waals surface area (Å²) in [7, 11) is -2.65. The first-order valence-corrected chi connectivity index (χ1v) is 8.65. The Hall–Kier alpha value is -2.61. The van der Waals surface area contributed by atoms with Gasteiger partial charge < -0.3 is 10.1 Å². The van der Waals surface area contributed by atoms with Crippen molar-refractivity contribution in [1.29, 1.82) is 0 Å². The number of carbonyl (C=O) groups is 1. The number of hydrogen-bond donors (Lipinski definition) is 2. The average molecular weight is 351 g/mol. The molecule has 0 heterocycles. The van der Waals surface area contributed by atoms with Gasteiger partial charge in [0.05, 0.1) is 19.0 Å². The zero-order valence-electron chi connectivity index (χ0n) is 13.7. The van der Waals surface area contributed by atoms with E-state index in [2.05, 4.69) is 28.3 Å². The second-order valence-electron chi connectivity index (χ2n) is 4.70. The highest BCUT2D eigenvalue weighted by atomic mass is 32.2. The predicted octanol–water partition coefficient (Wildman–Crippen LogP) is 1.84. The minimum atomic E-state index is -4.00. The van der Waals surface area contributed by atoms with Crippen LogP contribution < -0.4 is 14.8 Å². The molecule has 0 aliphatic heterocycles. The fraction of sp³-hybridized carbons (Fsp3) is 0.250. The van der Waals surface area contributed by atoms with E-state index in [0.717, 1.165) is 6.42 Å². The second kappa shape index (κ2) is 8.88. The highest BCUT2D eigenvalue weighted by Crippen LogP contribution is 2.25. The molecule has 1 rings (SSSR count). The van der Waals surface area contributed by atoms with Crippen molar-refractivity contribution in [2.24, 2.45) is 4.99 Å². The number of benzene rings is 1. The molecule has 2 N–H and O–H groups in total. The Balaban J connectivity index is 3.28. The van der Waals surface area contributed by atoms with Crippen LogP contribution in [0.3, 0.4) is 0 Å². The van der Waals surface area contributed by atoms with E-state index in [9.17, 15) is 13.2 Å². The summed E-state index contributed by atoms with van der Waals surface area (Å²) in [6.45, 7) is 9.19. The largest absolute Gasteiger partial charge is 0.495 e. The minimum Gasteiger partial charge on any atom is -0.495 e. The van der Waals surface area contributed by atoms with Crippen LogP contribution in [0.5, 0.6) is 5.75 Å². The summed E-state index contributed by atoms with van der Waals surface area (Å²) in [5.74, 6) is -0.243. The van der Waals surface area contributed by atoms with E-state index in [1.807, 2.05) is 6.92 Å². The summed E-state index contributed by atoms with van der Waals surface area (Å²) in [6, 6.07) is 4.19.